The molecule has 78 valence electrons. The van der Waals surface area contributed by atoms with Crippen LogP contribution in [0.4, 0.5) is 0 Å². The Kier molecular flexibility index (Phi) is 2.41. The second-order valence-electron chi connectivity index (χ2n) is 3.69. The van der Waals surface area contributed by atoms with Crippen molar-refractivity contribution in [2.75, 3.05) is 6.61 Å². The molecule has 5 heteroatoms. The Morgan fingerprint density at radius 1 is 1.71 bits per heavy atom. The molecule has 1 aromatic heterocycles. The molecule has 0 bridgehead atoms. The van der Waals surface area contributed by atoms with E-state index in [1.54, 1.807) is 4.57 Å². The van der Waals surface area contributed by atoms with E-state index in [2.05, 4.69) is 17.1 Å². The van der Waals surface area contributed by atoms with Gasteiger partial charge in [0.25, 0.3) is 0 Å². The summed E-state index contributed by atoms with van der Waals surface area (Å²) in [6, 6.07) is 0. The van der Waals surface area contributed by atoms with Crippen LogP contribution in [0.15, 0.2) is 4.79 Å². The summed E-state index contributed by atoms with van der Waals surface area (Å²) < 4.78 is 7.20. The van der Waals surface area contributed by atoms with Crippen molar-refractivity contribution in [3.63, 3.8) is 0 Å². The van der Waals surface area contributed by atoms with E-state index in [1.165, 1.54) is 0 Å². The van der Waals surface area contributed by atoms with Crippen LogP contribution in [0.25, 0.3) is 0 Å². The van der Waals surface area contributed by atoms with Gasteiger partial charge in [-0.3, -0.25) is 4.57 Å². The zero-order valence-corrected chi connectivity index (χ0v) is 8.49. The maximum Gasteiger partial charge on any atom is 0.343 e. The third-order valence-corrected chi connectivity index (χ3v) is 2.75. The first kappa shape index (κ1) is 9.45. The molecule has 14 heavy (non-hydrogen) atoms. The first-order valence-electron chi connectivity index (χ1n) is 5.00. The predicted molar refractivity (Wildman–Crippen MR) is 51.0 cm³/mol. The Bertz CT molecular complexity index is 368. The summed E-state index contributed by atoms with van der Waals surface area (Å²) in [6.45, 7) is 5.45. The Hall–Kier alpha value is -1.10. The molecule has 0 aromatic carbocycles. The lowest BCUT2D eigenvalue weighted by atomic mass is 10.0. The van der Waals surface area contributed by atoms with Crippen molar-refractivity contribution >= 4 is 0 Å². The van der Waals surface area contributed by atoms with Crippen LogP contribution in [-0.4, -0.2) is 21.4 Å². The van der Waals surface area contributed by atoms with Crippen molar-refractivity contribution in [2.45, 2.75) is 32.9 Å². The van der Waals surface area contributed by atoms with E-state index in [0.717, 1.165) is 18.9 Å². The maximum atomic E-state index is 11.3. The standard InChI is InChI=1S/C9H15N3O2/c1-3-12-8(10-11-9(12)13)7-6(2)4-5-14-7/h6-7H,3-5H2,1-2H3,(H,11,13)/t6-,7-/m1/s1. The molecule has 2 heterocycles. The van der Waals surface area contributed by atoms with Crippen molar-refractivity contribution in [2.24, 2.45) is 5.92 Å². The minimum Gasteiger partial charge on any atom is -0.370 e. The fourth-order valence-corrected chi connectivity index (χ4v) is 1.88. The van der Waals surface area contributed by atoms with Gasteiger partial charge in [0.15, 0.2) is 5.82 Å². The predicted octanol–water partition coefficient (Wildman–Crippen LogP) is 0.689. The van der Waals surface area contributed by atoms with Gasteiger partial charge in [0.2, 0.25) is 0 Å². The Balaban J connectivity index is 2.35. The van der Waals surface area contributed by atoms with Gasteiger partial charge in [-0.2, -0.15) is 5.10 Å². The van der Waals surface area contributed by atoms with E-state index in [9.17, 15) is 4.79 Å². The van der Waals surface area contributed by atoms with Crippen molar-refractivity contribution in [1.82, 2.24) is 14.8 Å². The summed E-state index contributed by atoms with van der Waals surface area (Å²) in [5.74, 6) is 1.18. The Morgan fingerprint density at radius 2 is 2.50 bits per heavy atom. The highest BCUT2D eigenvalue weighted by Gasteiger charge is 2.30. The van der Waals surface area contributed by atoms with Gasteiger partial charge in [-0.1, -0.05) is 6.92 Å². The average Bonchev–Trinajstić information content (AvgIpc) is 2.71. The largest absolute Gasteiger partial charge is 0.370 e. The highest BCUT2D eigenvalue weighted by molar-refractivity contribution is 4.96. The van der Waals surface area contributed by atoms with Crippen molar-refractivity contribution in [3.8, 4) is 0 Å². The third-order valence-electron chi connectivity index (χ3n) is 2.75. The minimum absolute atomic E-state index is 0.0195. The number of nitrogens with one attached hydrogen (secondary N) is 1. The molecular formula is C9H15N3O2. The van der Waals surface area contributed by atoms with Crippen molar-refractivity contribution in [1.29, 1.82) is 0 Å². The Morgan fingerprint density at radius 3 is 3.07 bits per heavy atom. The normalized spacial score (nSPS) is 27.0. The molecule has 1 fully saturated rings. The molecule has 0 saturated carbocycles. The molecule has 0 spiro atoms. The van der Waals surface area contributed by atoms with Gasteiger partial charge >= 0.3 is 5.69 Å². The van der Waals surface area contributed by atoms with Crippen LogP contribution in [0.2, 0.25) is 0 Å². The molecule has 1 saturated heterocycles. The summed E-state index contributed by atoms with van der Waals surface area (Å²) in [7, 11) is 0. The number of nitrogens with zero attached hydrogens (tertiary/aromatic N) is 2. The van der Waals surface area contributed by atoms with Crippen LogP contribution in [0, 0.1) is 5.92 Å². The lowest BCUT2D eigenvalue weighted by Crippen LogP contribution is -2.20. The number of aromatic nitrogens is 3. The number of ether oxygens (including phenoxy) is 1. The van der Waals surface area contributed by atoms with Gasteiger partial charge in [-0.15, -0.1) is 0 Å². The molecule has 1 aliphatic heterocycles. The van der Waals surface area contributed by atoms with Gasteiger partial charge in [-0.25, -0.2) is 9.89 Å². The Labute approximate surface area is 82.1 Å². The highest BCUT2D eigenvalue weighted by atomic mass is 16.5. The average molecular weight is 197 g/mol. The van der Waals surface area contributed by atoms with E-state index in [1.807, 2.05) is 6.92 Å². The van der Waals surface area contributed by atoms with Gasteiger partial charge in [0, 0.05) is 13.2 Å². The summed E-state index contributed by atoms with van der Waals surface area (Å²) in [4.78, 5) is 11.3. The van der Waals surface area contributed by atoms with E-state index < -0.39 is 0 Å². The fraction of sp³-hybridized carbons (Fsp3) is 0.778. The lowest BCUT2D eigenvalue weighted by Gasteiger charge is -2.13. The number of H-pyrrole nitrogens is 1. The zero-order chi connectivity index (χ0) is 10.1. The molecule has 2 rings (SSSR count). The van der Waals surface area contributed by atoms with Crippen LogP contribution < -0.4 is 5.69 Å². The van der Waals surface area contributed by atoms with E-state index >= 15 is 0 Å². The molecule has 2 atom stereocenters. The molecule has 5 nitrogen and oxygen atoms in total. The lowest BCUT2D eigenvalue weighted by molar-refractivity contribution is 0.0839. The second-order valence-corrected chi connectivity index (χ2v) is 3.69. The summed E-state index contributed by atoms with van der Waals surface area (Å²) in [5, 5.41) is 6.48. The summed E-state index contributed by atoms with van der Waals surface area (Å²) >= 11 is 0. The monoisotopic (exact) mass is 197 g/mol. The number of hydrogen-bond donors (Lipinski definition) is 1. The molecular weight excluding hydrogens is 182 g/mol. The zero-order valence-electron chi connectivity index (χ0n) is 8.49. The topological polar surface area (TPSA) is 59.9 Å². The van der Waals surface area contributed by atoms with Crippen molar-refractivity contribution in [3.05, 3.63) is 16.3 Å². The maximum absolute atomic E-state index is 11.3. The number of aromatic amines is 1. The molecule has 0 amide bonds. The first-order valence-corrected chi connectivity index (χ1v) is 5.00. The van der Waals surface area contributed by atoms with Gasteiger partial charge in [0.1, 0.15) is 6.10 Å². The van der Waals surface area contributed by atoms with Crippen LogP contribution in [0.5, 0.6) is 0 Å². The van der Waals surface area contributed by atoms with Crippen LogP contribution in [-0.2, 0) is 11.3 Å². The van der Waals surface area contributed by atoms with Crippen molar-refractivity contribution < 1.29 is 4.74 Å². The van der Waals surface area contributed by atoms with Crippen LogP contribution >= 0.6 is 0 Å². The van der Waals surface area contributed by atoms with Crippen LogP contribution in [0.1, 0.15) is 32.2 Å². The molecule has 1 aliphatic rings. The first-order chi connectivity index (χ1) is 6.74. The molecule has 1 aromatic rings. The van der Waals surface area contributed by atoms with E-state index in [0.29, 0.717) is 12.5 Å². The number of rotatable bonds is 2. The molecule has 0 aliphatic carbocycles. The number of hydrogen-bond acceptors (Lipinski definition) is 3. The SMILES string of the molecule is CCn1c([C@@H]2OCC[C@H]2C)n[nH]c1=O. The van der Waals surface area contributed by atoms with E-state index in [-0.39, 0.29) is 11.8 Å². The smallest absolute Gasteiger partial charge is 0.343 e. The fourth-order valence-electron chi connectivity index (χ4n) is 1.88. The van der Waals surface area contributed by atoms with E-state index in [4.69, 9.17) is 4.74 Å². The molecule has 1 N–H and O–H groups in total. The van der Waals surface area contributed by atoms with Gasteiger partial charge in [0.05, 0.1) is 0 Å². The molecule has 0 unspecified atom stereocenters. The summed E-state index contributed by atoms with van der Waals surface area (Å²) in [5.41, 5.74) is -0.148. The highest BCUT2D eigenvalue weighted by Crippen LogP contribution is 2.32. The summed E-state index contributed by atoms with van der Waals surface area (Å²) in [6.07, 6.45) is 1.02. The van der Waals surface area contributed by atoms with Gasteiger partial charge in [-0.05, 0) is 19.3 Å². The quantitative estimate of drug-likeness (QED) is 0.758. The van der Waals surface area contributed by atoms with Crippen LogP contribution in [0.3, 0.4) is 0 Å². The third kappa shape index (κ3) is 1.37. The van der Waals surface area contributed by atoms with Gasteiger partial charge < -0.3 is 4.74 Å². The second kappa shape index (κ2) is 3.57. The molecule has 0 radical (unpaired) electrons. The minimum atomic E-state index is -0.148.